The molecule has 1 aromatic rings. The summed E-state index contributed by atoms with van der Waals surface area (Å²) >= 11 is 0. The van der Waals surface area contributed by atoms with E-state index in [1.807, 2.05) is 0 Å². The number of phenols is 1. The van der Waals surface area contributed by atoms with Gasteiger partial charge in [-0.05, 0) is 30.9 Å². The molecular formula is C14H23NO3. The van der Waals surface area contributed by atoms with E-state index in [1.165, 1.54) is 13.2 Å². The van der Waals surface area contributed by atoms with E-state index >= 15 is 0 Å². The van der Waals surface area contributed by atoms with Crippen LogP contribution in [-0.4, -0.2) is 23.4 Å². The predicted octanol–water partition coefficient (Wildman–Crippen LogP) is 2.20. The van der Waals surface area contributed by atoms with Crippen molar-refractivity contribution in [2.45, 2.75) is 38.8 Å². The van der Waals surface area contributed by atoms with Gasteiger partial charge in [0.1, 0.15) is 11.5 Å². The molecule has 0 aliphatic carbocycles. The van der Waals surface area contributed by atoms with Gasteiger partial charge in [0, 0.05) is 11.6 Å². The Morgan fingerprint density at radius 1 is 1.28 bits per heavy atom. The van der Waals surface area contributed by atoms with Gasteiger partial charge in [0.05, 0.1) is 19.3 Å². The highest BCUT2D eigenvalue weighted by Crippen LogP contribution is 2.30. The van der Waals surface area contributed by atoms with Gasteiger partial charge < -0.3 is 20.7 Å². The molecule has 4 nitrogen and oxygen atoms in total. The Morgan fingerprint density at radius 3 is 2.50 bits per heavy atom. The van der Waals surface area contributed by atoms with Crippen molar-refractivity contribution >= 4 is 0 Å². The molecule has 0 radical (unpaired) electrons. The Hall–Kier alpha value is -1.26. The van der Waals surface area contributed by atoms with Gasteiger partial charge in [-0.3, -0.25) is 0 Å². The highest BCUT2D eigenvalue weighted by atomic mass is 16.5. The van der Waals surface area contributed by atoms with Crippen LogP contribution in [0.1, 0.15) is 38.3 Å². The molecule has 0 bridgehead atoms. The van der Waals surface area contributed by atoms with Gasteiger partial charge in [-0.15, -0.1) is 0 Å². The summed E-state index contributed by atoms with van der Waals surface area (Å²) in [6, 6.07) is 4.24. The molecule has 1 aromatic carbocycles. The summed E-state index contributed by atoms with van der Waals surface area (Å²) in [5.41, 5.74) is 6.75. The molecular weight excluding hydrogens is 230 g/mol. The summed E-state index contributed by atoms with van der Waals surface area (Å²) in [7, 11) is 1.52. The van der Waals surface area contributed by atoms with E-state index in [0.29, 0.717) is 23.7 Å². The topological polar surface area (TPSA) is 75.7 Å². The number of benzene rings is 1. The lowest BCUT2D eigenvalue weighted by atomic mass is 9.95. The first-order chi connectivity index (χ1) is 8.45. The van der Waals surface area contributed by atoms with Gasteiger partial charge in [-0.1, -0.05) is 13.8 Å². The fourth-order valence-corrected chi connectivity index (χ4v) is 1.87. The number of rotatable bonds is 6. The molecule has 0 saturated carbocycles. The quantitative estimate of drug-likeness (QED) is 0.726. The van der Waals surface area contributed by atoms with Crippen LogP contribution < -0.4 is 10.5 Å². The predicted molar refractivity (Wildman–Crippen MR) is 71.7 cm³/mol. The molecule has 0 aromatic heterocycles. The van der Waals surface area contributed by atoms with Crippen LogP contribution in [0.25, 0.3) is 0 Å². The lowest BCUT2D eigenvalue weighted by Gasteiger charge is -2.22. The molecule has 0 heterocycles. The maximum atomic E-state index is 10.1. The van der Waals surface area contributed by atoms with Gasteiger partial charge in [0.2, 0.25) is 0 Å². The highest BCUT2D eigenvalue weighted by molar-refractivity contribution is 5.42. The number of aliphatic hydroxyl groups is 1. The van der Waals surface area contributed by atoms with Crippen LogP contribution in [0.2, 0.25) is 0 Å². The van der Waals surface area contributed by atoms with E-state index in [1.54, 1.807) is 12.1 Å². The van der Waals surface area contributed by atoms with Gasteiger partial charge >= 0.3 is 0 Å². The zero-order valence-corrected chi connectivity index (χ0v) is 11.3. The zero-order chi connectivity index (χ0) is 13.7. The summed E-state index contributed by atoms with van der Waals surface area (Å²) in [5.74, 6) is 1.17. The van der Waals surface area contributed by atoms with Crippen molar-refractivity contribution in [3.63, 3.8) is 0 Å². The number of ether oxygens (including phenoxy) is 1. The lowest BCUT2D eigenvalue weighted by molar-refractivity contribution is 0.127. The molecule has 18 heavy (non-hydrogen) atoms. The van der Waals surface area contributed by atoms with Crippen LogP contribution in [0.3, 0.4) is 0 Å². The SMILES string of the molecule is COc1cc(O)ccc1[C@H](N)[C@H](O)CCC(C)C. The Labute approximate surface area is 108 Å². The van der Waals surface area contributed by atoms with Crippen molar-refractivity contribution in [2.24, 2.45) is 11.7 Å². The van der Waals surface area contributed by atoms with E-state index < -0.39 is 12.1 Å². The molecule has 0 aliphatic heterocycles. The number of hydrogen-bond donors (Lipinski definition) is 3. The minimum atomic E-state index is -0.606. The van der Waals surface area contributed by atoms with Crippen molar-refractivity contribution in [2.75, 3.05) is 7.11 Å². The average Bonchev–Trinajstić information content (AvgIpc) is 2.34. The molecule has 0 saturated heterocycles. The molecule has 0 unspecified atom stereocenters. The fourth-order valence-electron chi connectivity index (χ4n) is 1.87. The van der Waals surface area contributed by atoms with E-state index in [9.17, 15) is 10.2 Å². The first kappa shape index (κ1) is 14.8. The van der Waals surface area contributed by atoms with Crippen LogP contribution in [0.5, 0.6) is 11.5 Å². The fraction of sp³-hybridized carbons (Fsp3) is 0.571. The minimum absolute atomic E-state index is 0.125. The second kappa shape index (κ2) is 6.61. The molecule has 0 fully saturated rings. The van der Waals surface area contributed by atoms with Crippen LogP contribution >= 0.6 is 0 Å². The van der Waals surface area contributed by atoms with E-state index in [0.717, 1.165) is 6.42 Å². The third-order valence-electron chi connectivity index (χ3n) is 3.03. The summed E-state index contributed by atoms with van der Waals surface area (Å²) in [6.07, 6.45) is 0.976. The van der Waals surface area contributed by atoms with Crippen molar-refractivity contribution in [3.05, 3.63) is 23.8 Å². The Balaban J connectivity index is 2.79. The normalized spacial score (nSPS) is 14.6. The second-order valence-electron chi connectivity index (χ2n) is 4.99. The summed E-state index contributed by atoms with van der Waals surface area (Å²) in [4.78, 5) is 0. The maximum absolute atomic E-state index is 10.1. The number of aromatic hydroxyl groups is 1. The van der Waals surface area contributed by atoms with Gasteiger partial charge in [0.15, 0.2) is 0 Å². The molecule has 0 spiro atoms. The maximum Gasteiger partial charge on any atom is 0.127 e. The monoisotopic (exact) mass is 253 g/mol. The number of phenolic OH excluding ortho intramolecular Hbond substituents is 1. The number of nitrogens with two attached hydrogens (primary N) is 1. The van der Waals surface area contributed by atoms with Crippen molar-refractivity contribution < 1.29 is 14.9 Å². The van der Waals surface area contributed by atoms with Crippen molar-refractivity contribution in [1.82, 2.24) is 0 Å². The molecule has 1 rings (SSSR count). The number of hydrogen-bond acceptors (Lipinski definition) is 4. The first-order valence-corrected chi connectivity index (χ1v) is 6.26. The van der Waals surface area contributed by atoms with Crippen molar-refractivity contribution in [1.29, 1.82) is 0 Å². The van der Waals surface area contributed by atoms with Crippen LogP contribution in [0, 0.1) is 5.92 Å². The summed E-state index contributed by atoms with van der Waals surface area (Å²) in [6.45, 7) is 4.22. The molecule has 0 amide bonds. The number of methoxy groups -OCH3 is 1. The Bertz CT molecular complexity index is 379. The second-order valence-corrected chi connectivity index (χ2v) is 4.99. The molecule has 4 heteroatoms. The third kappa shape index (κ3) is 3.89. The van der Waals surface area contributed by atoms with Gasteiger partial charge in [-0.25, -0.2) is 0 Å². The van der Waals surface area contributed by atoms with Gasteiger partial charge in [0.25, 0.3) is 0 Å². The molecule has 0 aliphatic rings. The van der Waals surface area contributed by atoms with E-state index in [2.05, 4.69) is 13.8 Å². The smallest absolute Gasteiger partial charge is 0.127 e. The molecule has 2 atom stereocenters. The standard InChI is InChI=1S/C14H23NO3/c1-9(2)4-7-12(17)14(15)11-6-5-10(16)8-13(11)18-3/h5-6,8-9,12,14,16-17H,4,7,15H2,1-3H3/t12-,14+/m1/s1. The number of aliphatic hydroxyl groups excluding tert-OH is 1. The van der Waals surface area contributed by atoms with Crippen LogP contribution in [0.15, 0.2) is 18.2 Å². The highest BCUT2D eigenvalue weighted by Gasteiger charge is 2.20. The molecule has 102 valence electrons. The molecule has 4 N–H and O–H groups in total. The summed E-state index contributed by atoms with van der Waals surface area (Å²) < 4.78 is 5.17. The first-order valence-electron chi connectivity index (χ1n) is 6.26. The zero-order valence-electron chi connectivity index (χ0n) is 11.3. The van der Waals surface area contributed by atoms with E-state index in [4.69, 9.17) is 10.5 Å². The van der Waals surface area contributed by atoms with E-state index in [-0.39, 0.29) is 5.75 Å². The minimum Gasteiger partial charge on any atom is -0.508 e. The Kier molecular flexibility index (Phi) is 5.44. The lowest BCUT2D eigenvalue weighted by Crippen LogP contribution is -2.27. The third-order valence-corrected chi connectivity index (χ3v) is 3.03. The van der Waals surface area contributed by atoms with Crippen molar-refractivity contribution in [3.8, 4) is 11.5 Å². The van der Waals surface area contributed by atoms with Gasteiger partial charge in [-0.2, -0.15) is 0 Å². The summed E-state index contributed by atoms with van der Waals surface area (Å²) in [5, 5.41) is 19.4. The van der Waals surface area contributed by atoms with Crippen LogP contribution in [0.4, 0.5) is 0 Å². The Morgan fingerprint density at radius 2 is 1.94 bits per heavy atom. The largest absolute Gasteiger partial charge is 0.508 e. The average molecular weight is 253 g/mol. The van der Waals surface area contributed by atoms with Crippen LogP contribution in [-0.2, 0) is 0 Å².